The molecule has 6 nitrogen and oxygen atoms in total. The molecule has 0 aliphatic carbocycles. The number of hydrogen-bond acceptors (Lipinski definition) is 5. The van der Waals surface area contributed by atoms with Gasteiger partial charge in [0.05, 0.1) is 19.3 Å². The molecule has 1 unspecified atom stereocenters. The van der Waals surface area contributed by atoms with Crippen molar-refractivity contribution in [1.82, 2.24) is 25.0 Å². The molecule has 90 valence electrons. The summed E-state index contributed by atoms with van der Waals surface area (Å²) in [5.74, 6) is 0.826. The second-order valence-corrected chi connectivity index (χ2v) is 4.22. The Bertz CT molecular complexity index is 327. The van der Waals surface area contributed by atoms with E-state index in [4.69, 9.17) is 4.74 Å². The van der Waals surface area contributed by atoms with Crippen LogP contribution in [0, 0.1) is 0 Å². The predicted octanol–water partition coefficient (Wildman–Crippen LogP) is -0.765. The average Bonchev–Trinajstić information content (AvgIpc) is 2.64. The van der Waals surface area contributed by atoms with Crippen LogP contribution >= 0.6 is 0 Å². The zero-order valence-corrected chi connectivity index (χ0v) is 9.89. The summed E-state index contributed by atoms with van der Waals surface area (Å²) in [6.45, 7) is 4.39. The highest BCUT2D eigenvalue weighted by atomic mass is 16.5. The largest absolute Gasteiger partial charge is 0.374 e. The third-order valence-corrected chi connectivity index (χ3v) is 2.64. The quantitative estimate of drug-likeness (QED) is 0.729. The molecule has 1 N–H and O–H groups in total. The summed E-state index contributed by atoms with van der Waals surface area (Å²) in [4.78, 5) is 6.44. The van der Waals surface area contributed by atoms with E-state index in [1.165, 1.54) is 0 Å². The van der Waals surface area contributed by atoms with Gasteiger partial charge in [-0.2, -0.15) is 5.10 Å². The number of likely N-dealkylation sites (N-methyl/N-ethyl adjacent to an activating group) is 1. The highest BCUT2D eigenvalue weighted by Crippen LogP contribution is 2.01. The van der Waals surface area contributed by atoms with E-state index in [0.29, 0.717) is 6.54 Å². The highest BCUT2D eigenvalue weighted by molar-refractivity contribution is 4.81. The maximum atomic E-state index is 5.64. The van der Waals surface area contributed by atoms with Gasteiger partial charge >= 0.3 is 0 Å². The van der Waals surface area contributed by atoms with Gasteiger partial charge in [0.25, 0.3) is 0 Å². The van der Waals surface area contributed by atoms with Crippen molar-refractivity contribution in [1.29, 1.82) is 0 Å². The number of aryl methyl sites for hydroxylation is 1. The van der Waals surface area contributed by atoms with Crippen LogP contribution in [0.15, 0.2) is 6.33 Å². The Kier molecular flexibility index (Phi) is 3.87. The van der Waals surface area contributed by atoms with Gasteiger partial charge in [-0.3, -0.25) is 4.68 Å². The third-order valence-electron chi connectivity index (χ3n) is 2.64. The molecule has 1 aromatic heterocycles. The van der Waals surface area contributed by atoms with E-state index in [1.54, 1.807) is 11.0 Å². The van der Waals surface area contributed by atoms with Crippen molar-refractivity contribution in [3.63, 3.8) is 0 Å². The molecule has 2 heterocycles. The van der Waals surface area contributed by atoms with Crippen molar-refractivity contribution in [3.05, 3.63) is 12.2 Å². The van der Waals surface area contributed by atoms with Gasteiger partial charge in [0.1, 0.15) is 6.33 Å². The number of nitrogens with zero attached hydrogens (tertiary/aromatic N) is 4. The number of ether oxygens (including phenoxy) is 1. The first-order valence-electron chi connectivity index (χ1n) is 5.59. The minimum absolute atomic E-state index is 0.280. The van der Waals surface area contributed by atoms with E-state index in [1.807, 2.05) is 7.05 Å². The lowest BCUT2D eigenvalue weighted by molar-refractivity contribution is -0.0182. The van der Waals surface area contributed by atoms with Gasteiger partial charge < -0.3 is 15.0 Å². The van der Waals surface area contributed by atoms with Gasteiger partial charge in [0.2, 0.25) is 0 Å². The summed E-state index contributed by atoms with van der Waals surface area (Å²) in [6, 6.07) is 0. The summed E-state index contributed by atoms with van der Waals surface area (Å²) in [5.41, 5.74) is 0. The molecule has 0 saturated carbocycles. The first-order chi connectivity index (χ1) is 7.74. The number of morpholine rings is 1. The SMILES string of the molecule is CN1CCOC(CNCc2ncn(C)n2)C1. The maximum absolute atomic E-state index is 5.64. The lowest BCUT2D eigenvalue weighted by atomic mass is 10.3. The molecular formula is C10H19N5O. The minimum Gasteiger partial charge on any atom is -0.374 e. The Balaban J connectivity index is 1.67. The number of aromatic nitrogens is 3. The molecule has 1 aromatic rings. The van der Waals surface area contributed by atoms with Gasteiger partial charge in [0.15, 0.2) is 5.82 Å². The molecule has 6 heteroatoms. The van der Waals surface area contributed by atoms with Crippen LogP contribution in [0.2, 0.25) is 0 Å². The molecular weight excluding hydrogens is 206 g/mol. The van der Waals surface area contributed by atoms with Gasteiger partial charge in [0, 0.05) is 26.7 Å². The molecule has 0 spiro atoms. The van der Waals surface area contributed by atoms with Crippen molar-refractivity contribution < 1.29 is 4.74 Å². The molecule has 1 aliphatic heterocycles. The van der Waals surface area contributed by atoms with Crippen molar-refractivity contribution in [2.45, 2.75) is 12.6 Å². The molecule has 0 aromatic carbocycles. The summed E-state index contributed by atoms with van der Waals surface area (Å²) in [7, 11) is 3.99. The van der Waals surface area contributed by atoms with Crippen LogP contribution in [-0.2, 0) is 18.3 Å². The summed E-state index contributed by atoms with van der Waals surface area (Å²) < 4.78 is 7.35. The summed E-state index contributed by atoms with van der Waals surface area (Å²) in [6.07, 6.45) is 1.99. The van der Waals surface area contributed by atoms with Crippen LogP contribution in [0.1, 0.15) is 5.82 Å². The van der Waals surface area contributed by atoms with Crippen LogP contribution in [0.4, 0.5) is 0 Å². The Morgan fingerprint density at radius 1 is 1.56 bits per heavy atom. The van der Waals surface area contributed by atoms with Crippen molar-refractivity contribution in [2.24, 2.45) is 7.05 Å². The average molecular weight is 225 g/mol. The van der Waals surface area contributed by atoms with Gasteiger partial charge in [-0.05, 0) is 7.05 Å². The van der Waals surface area contributed by atoms with Crippen LogP contribution in [0.3, 0.4) is 0 Å². The van der Waals surface area contributed by atoms with E-state index < -0.39 is 0 Å². The normalized spacial score (nSPS) is 22.5. The topological polar surface area (TPSA) is 55.2 Å². The first-order valence-corrected chi connectivity index (χ1v) is 5.59. The van der Waals surface area contributed by atoms with Crippen molar-refractivity contribution in [2.75, 3.05) is 33.3 Å². The van der Waals surface area contributed by atoms with Crippen LogP contribution < -0.4 is 5.32 Å². The third kappa shape index (κ3) is 3.26. The molecule has 1 saturated heterocycles. The number of rotatable bonds is 4. The fourth-order valence-corrected chi connectivity index (χ4v) is 1.80. The molecule has 16 heavy (non-hydrogen) atoms. The second-order valence-electron chi connectivity index (χ2n) is 4.22. The van der Waals surface area contributed by atoms with Crippen LogP contribution in [-0.4, -0.2) is 59.1 Å². The second kappa shape index (κ2) is 5.38. The molecule has 1 atom stereocenters. The van der Waals surface area contributed by atoms with Crippen LogP contribution in [0.25, 0.3) is 0 Å². The lowest BCUT2D eigenvalue weighted by Gasteiger charge is -2.30. The smallest absolute Gasteiger partial charge is 0.164 e. The zero-order chi connectivity index (χ0) is 11.4. The Morgan fingerprint density at radius 2 is 2.44 bits per heavy atom. The summed E-state index contributed by atoms with van der Waals surface area (Å²) >= 11 is 0. The monoisotopic (exact) mass is 225 g/mol. The van der Waals surface area contributed by atoms with Crippen molar-refractivity contribution in [3.8, 4) is 0 Å². The number of hydrogen-bond donors (Lipinski definition) is 1. The van der Waals surface area contributed by atoms with E-state index >= 15 is 0 Å². The lowest BCUT2D eigenvalue weighted by Crippen LogP contribution is -2.44. The van der Waals surface area contributed by atoms with Crippen LogP contribution in [0.5, 0.6) is 0 Å². The van der Waals surface area contributed by atoms with Crippen molar-refractivity contribution >= 4 is 0 Å². The zero-order valence-electron chi connectivity index (χ0n) is 9.89. The highest BCUT2D eigenvalue weighted by Gasteiger charge is 2.16. The Hall–Kier alpha value is -0.980. The van der Waals surface area contributed by atoms with Gasteiger partial charge in [-0.15, -0.1) is 0 Å². The standard InChI is InChI=1S/C10H19N5O/c1-14-3-4-16-9(7-14)5-11-6-10-12-8-15(2)13-10/h8-9,11H,3-7H2,1-2H3. The van der Waals surface area contributed by atoms with E-state index in [9.17, 15) is 0 Å². The molecule has 1 fully saturated rings. The summed E-state index contributed by atoms with van der Waals surface area (Å²) in [5, 5.41) is 7.52. The van der Waals surface area contributed by atoms with E-state index in [2.05, 4.69) is 27.3 Å². The minimum atomic E-state index is 0.280. The maximum Gasteiger partial charge on any atom is 0.164 e. The predicted molar refractivity (Wildman–Crippen MR) is 59.9 cm³/mol. The number of nitrogens with one attached hydrogen (secondary N) is 1. The fraction of sp³-hybridized carbons (Fsp3) is 0.800. The Labute approximate surface area is 95.6 Å². The molecule has 0 amide bonds. The molecule has 0 bridgehead atoms. The van der Waals surface area contributed by atoms with Gasteiger partial charge in [-0.25, -0.2) is 4.98 Å². The molecule has 0 radical (unpaired) electrons. The molecule has 1 aliphatic rings. The first kappa shape index (κ1) is 11.5. The van der Waals surface area contributed by atoms with Gasteiger partial charge in [-0.1, -0.05) is 0 Å². The van der Waals surface area contributed by atoms with E-state index in [-0.39, 0.29) is 6.10 Å². The Morgan fingerprint density at radius 3 is 3.12 bits per heavy atom. The molecule has 2 rings (SSSR count). The fourth-order valence-electron chi connectivity index (χ4n) is 1.80. The van der Waals surface area contributed by atoms with E-state index in [0.717, 1.165) is 32.1 Å².